The standard InChI is InChI=1S/C15H23NO3/c1-2-18-9-12(17)10-19-13-7-6-11-4-3-5-15(16)14(11)8-13/h6-8,12,15,17H,2-5,9-10,16H2,1H3. The quantitative estimate of drug-likeness (QED) is 0.823. The SMILES string of the molecule is CCOCC(O)COc1ccc2c(c1)C(N)CCC2. The molecule has 0 saturated carbocycles. The highest BCUT2D eigenvalue weighted by Crippen LogP contribution is 2.30. The minimum atomic E-state index is -0.593. The first-order valence-corrected chi connectivity index (χ1v) is 6.97. The van der Waals surface area contributed by atoms with Gasteiger partial charge in [-0.15, -0.1) is 0 Å². The molecule has 1 aliphatic carbocycles. The van der Waals surface area contributed by atoms with Crippen molar-refractivity contribution >= 4 is 0 Å². The van der Waals surface area contributed by atoms with Crippen LogP contribution in [0, 0.1) is 0 Å². The number of ether oxygens (including phenoxy) is 2. The lowest BCUT2D eigenvalue weighted by molar-refractivity contribution is 0.0164. The average molecular weight is 265 g/mol. The molecule has 2 unspecified atom stereocenters. The molecule has 1 aromatic rings. The van der Waals surface area contributed by atoms with E-state index < -0.39 is 6.10 Å². The first kappa shape index (κ1) is 14.3. The van der Waals surface area contributed by atoms with Gasteiger partial charge in [0.25, 0.3) is 0 Å². The number of aliphatic hydroxyl groups excluding tert-OH is 1. The van der Waals surface area contributed by atoms with E-state index in [0.717, 1.165) is 25.0 Å². The molecule has 0 bridgehead atoms. The Morgan fingerprint density at radius 2 is 2.26 bits per heavy atom. The fourth-order valence-corrected chi connectivity index (χ4v) is 2.40. The molecule has 0 amide bonds. The van der Waals surface area contributed by atoms with Crippen molar-refractivity contribution in [3.05, 3.63) is 29.3 Å². The Morgan fingerprint density at radius 3 is 3.05 bits per heavy atom. The van der Waals surface area contributed by atoms with Gasteiger partial charge < -0.3 is 20.3 Å². The molecule has 1 aromatic carbocycles. The summed E-state index contributed by atoms with van der Waals surface area (Å²) in [6.07, 6.45) is 2.69. The molecular formula is C15H23NO3. The molecule has 0 aliphatic heterocycles. The summed E-state index contributed by atoms with van der Waals surface area (Å²) in [6, 6.07) is 6.15. The third kappa shape index (κ3) is 3.93. The molecule has 0 aromatic heterocycles. The molecule has 4 heteroatoms. The molecular weight excluding hydrogens is 242 g/mol. The smallest absolute Gasteiger partial charge is 0.119 e. The van der Waals surface area contributed by atoms with Gasteiger partial charge in [0.05, 0.1) is 6.61 Å². The summed E-state index contributed by atoms with van der Waals surface area (Å²) in [5.41, 5.74) is 8.62. The van der Waals surface area contributed by atoms with Crippen LogP contribution in [-0.4, -0.2) is 31.0 Å². The first-order valence-electron chi connectivity index (χ1n) is 6.97. The van der Waals surface area contributed by atoms with Crippen molar-refractivity contribution in [2.75, 3.05) is 19.8 Å². The molecule has 4 nitrogen and oxygen atoms in total. The third-order valence-corrected chi connectivity index (χ3v) is 3.43. The van der Waals surface area contributed by atoms with Gasteiger partial charge in [0.1, 0.15) is 18.5 Å². The summed E-state index contributed by atoms with van der Waals surface area (Å²) in [4.78, 5) is 0. The summed E-state index contributed by atoms with van der Waals surface area (Å²) in [7, 11) is 0. The van der Waals surface area contributed by atoms with Gasteiger partial charge >= 0.3 is 0 Å². The predicted molar refractivity (Wildman–Crippen MR) is 74.3 cm³/mol. The van der Waals surface area contributed by atoms with Gasteiger partial charge in [-0.1, -0.05) is 6.07 Å². The van der Waals surface area contributed by atoms with E-state index in [0.29, 0.717) is 13.2 Å². The minimum Gasteiger partial charge on any atom is -0.491 e. The van der Waals surface area contributed by atoms with Crippen LogP contribution in [0.15, 0.2) is 18.2 Å². The van der Waals surface area contributed by atoms with Crippen LogP contribution in [-0.2, 0) is 11.2 Å². The van der Waals surface area contributed by atoms with E-state index in [4.69, 9.17) is 15.2 Å². The third-order valence-electron chi connectivity index (χ3n) is 3.43. The van der Waals surface area contributed by atoms with E-state index in [2.05, 4.69) is 6.07 Å². The monoisotopic (exact) mass is 265 g/mol. The lowest BCUT2D eigenvalue weighted by Crippen LogP contribution is -2.23. The molecule has 2 rings (SSSR count). The van der Waals surface area contributed by atoms with Crippen LogP contribution in [0.4, 0.5) is 0 Å². The van der Waals surface area contributed by atoms with E-state index in [9.17, 15) is 5.11 Å². The summed E-state index contributed by atoms with van der Waals surface area (Å²) < 4.78 is 10.7. The maximum absolute atomic E-state index is 9.66. The zero-order valence-electron chi connectivity index (χ0n) is 11.5. The number of fused-ring (bicyclic) bond motifs is 1. The Morgan fingerprint density at radius 1 is 1.42 bits per heavy atom. The van der Waals surface area contributed by atoms with Crippen LogP contribution in [0.2, 0.25) is 0 Å². The highest BCUT2D eigenvalue weighted by Gasteiger charge is 2.17. The van der Waals surface area contributed by atoms with Gasteiger partial charge in [0.15, 0.2) is 0 Å². The van der Waals surface area contributed by atoms with Gasteiger partial charge in [0, 0.05) is 12.6 Å². The van der Waals surface area contributed by atoms with E-state index in [1.54, 1.807) is 0 Å². The normalized spacial score (nSPS) is 19.8. The first-order chi connectivity index (χ1) is 9.20. The number of aryl methyl sites for hydroxylation is 1. The van der Waals surface area contributed by atoms with Crippen LogP contribution in [0.5, 0.6) is 5.75 Å². The largest absolute Gasteiger partial charge is 0.491 e. The Labute approximate surface area is 114 Å². The van der Waals surface area contributed by atoms with Crippen LogP contribution < -0.4 is 10.5 Å². The Balaban J connectivity index is 1.92. The van der Waals surface area contributed by atoms with Crippen molar-refractivity contribution in [1.82, 2.24) is 0 Å². The molecule has 0 saturated heterocycles. The summed E-state index contributed by atoms with van der Waals surface area (Å²) >= 11 is 0. The van der Waals surface area contributed by atoms with Gasteiger partial charge in [-0.3, -0.25) is 0 Å². The van der Waals surface area contributed by atoms with Crippen molar-refractivity contribution in [2.24, 2.45) is 5.73 Å². The Hall–Kier alpha value is -1.10. The number of nitrogens with two attached hydrogens (primary N) is 1. The summed E-state index contributed by atoms with van der Waals surface area (Å²) in [5.74, 6) is 0.770. The van der Waals surface area contributed by atoms with Crippen LogP contribution in [0.25, 0.3) is 0 Å². The zero-order chi connectivity index (χ0) is 13.7. The molecule has 0 heterocycles. The number of hydrogen-bond donors (Lipinski definition) is 2. The van der Waals surface area contributed by atoms with Crippen molar-refractivity contribution in [2.45, 2.75) is 38.3 Å². The minimum absolute atomic E-state index is 0.112. The summed E-state index contributed by atoms with van der Waals surface area (Å²) in [6.45, 7) is 3.05. The van der Waals surface area contributed by atoms with Gasteiger partial charge in [-0.25, -0.2) is 0 Å². The lowest BCUT2D eigenvalue weighted by Gasteiger charge is -2.23. The number of benzene rings is 1. The number of aliphatic hydroxyl groups is 1. The van der Waals surface area contributed by atoms with E-state index in [1.165, 1.54) is 11.1 Å². The molecule has 0 spiro atoms. The second-order valence-corrected chi connectivity index (χ2v) is 4.98. The molecule has 3 N–H and O–H groups in total. The molecule has 0 fully saturated rings. The second-order valence-electron chi connectivity index (χ2n) is 4.98. The number of hydrogen-bond acceptors (Lipinski definition) is 4. The Kier molecular flexibility index (Phi) is 5.19. The fraction of sp³-hybridized carbons (Fsp3) is 0.600. The maximum atomic E-state index is 9.66. The zero-order valence-corrected chi connectivity index (χ0v) is 11.5. The highest BCUT2D eigenvalue weighted by atomic mass is 16.5. The van der Waals surface area contributed by atoms with Crippen molar-refractivity contribution in [3.8, 4) is 5.75 Å². The lowest BCUT2D eigenvalue weighted by atomic mass is 9.88. The molecule has 1 aliphatic rings. The van der Waals surface area contributed by atoms with Crippen molar-refractivity contribution < 1.29 is 14.6 Å². The maximum Gasteiger partial charge on any atom is 0.119 e. The van der Waals surface area contributed by atoms with Gasteiger partial charge in [-0.05, 0) is 49.4 Å². The molecule has 19 heavy (non-hydrogen) atoms. The van der Waals surface area contributed by atoms with E-state index in [1.807, 2.05) is 19.1 Å². The van der Waals surface area contributed by atoms with E-state index in [-0.39, 0.29) is 12.6 Å². The van der Waals surface area contributed by atoms with Crippen molar-refractivity contribution in [1.29, 1.82) is 0 Å². The topological polar surface area (TPSA) is 64.7 Å². The van der Waals surface area contributed by atoms with E-state index >= 15 is 0 Å². The van der Waals surface area contributed by atoms with Crippen LogP contribution in [0.1, 0.15) is 36.9 Å². The number of rotatable bonds is 6. The second kappa shape index (κ2) is 6.89. The van der Waals surface area contributed by atoms with Crippen LogP contribution >= 0.6 is 0 Å². The molecule has 2 atom stereocenters. The molecule has 0 radical (unpaired) electrons. The predicted octanol–water partition coefficient (Wildman–Crippen LogP) is 1.80. The fourth-order valence-electron chi connectivity index (χ4n) is 2.40. The van der Waals surface area contributed by atoms with Gasteiger partial charge in [-0.2, -0.15) is 0 Å². The molecule has 106 valence electrons. The average Bonchev–Trinajstić information content (AvgIpc) is 2.43. The summed E-state index contributed by atoms with van der Waals surface area (Å²) in [5, 5.41) is 9.66. The Bertz CT molecular complexity index is 408. The van der Waals surface area contributed by atoms with Gasteiger partial charge in [0.2, 0.25) is 0 Å². The highest BCUT2D eigenvalue weighted by molar-refractivity contribution is 5.39. The van der Waals surface area contributed by atoms with Crippen molar-refractivity contribution in [3.63, 3.8) is 0 Å². The van der Waals surface area contributed by atoms with Crippen LogP contribution in [0.3, 0.4) is 0 Å².